The van der Waals surface area contributed by atoms with E-state index in [2.05, 4.69) is 25.8 Å². The van der Waals surface area contributed by atoms with Crippen LogP contribution in [-0.4, -0.2) is 10.8 Å². The zero-order valence-corrected chi connectivity index (χ0v) is 12.7. The largest absolute Gasteiger partial charge is 0.445 e. The lowest BCUT2D eigenvalue weighted by Crippen LogP contribution is -2.11. The molecule has 4 heteroatoms. The van der Waals surface area contributed by atoms with E-state index >= 15 is 0 Å². The first-order chi connectivity index (χ1) is 9.32. The number of carbonyl (C=O) groups is 1. The van der Waals surface area contributed by atoms with Crippen LogP contribution in [0.15, 0.2) is 4.42 Å². The number of Topliss-reactive ketones (excluding diaryl/α,β-unsaturated/α-hetero) is 1. The Bertz CT molecular complexity index is 546. The smallest absolute Gasteiger partial charge is 0.197 e. The van der Waals surface area contributed by atoms with Crippen LogP contribution in [0.2, 0.25) is 0 Å². The number of rotatable bonds is 3. The zero-order valence-electron chi connectivity index (χ0n) is 12.7. The van der Waals surface area contributed by atoms with E-state index in [1.807, 2.05) is 13.0 Å². The minimum absolute atomic E-state index is 0.00458. The molecule has 0 bridgehead atoms. The summed E-state index contributed by atoms with van der Waals surface area (Å²) in [4.78, 5) is 16.3. The van der Waals surface area contributed by atoms with Crippen molar-refractivity contribution in [3.8, 4) is 6.07 Å². The predicted octanol–water partition coefficient (Wildman–Crippen LogP) is 3.65. The van der Waals surface area contributed by atoms with Crippen LogP contribution in [0.1, 0.15) is 69.7 Å². The lowest BCUT2D eigenvalue weighted by atomic mass is 9.92. The molecule has 0 spiro atoms. The number of aromatic nitrogens is 1. The van der Waals surface area contributed by atoms with Crippen molar-refractivity contribution in [1.82, 2.24) is 4.98 Å². The van der Waals surface area contributed by atoms with Gasteiger partial charge in [0.1, 0.15) is 11.5 Å². The normalized spacial score (nSPS) is 22.8. The van der Waals surface area contributed by atoms with Gasteiger partial charge in [0.25, 0.3) is 0 Å². The highest BCUT2D eigenvalue weighted by atomic mass is 16.4. The van der Waals surface area contributed by atoms with Crippen molar-refractivity contribution in [2.24, 2.45) is 5.92 Å². The Morgan fingerprint density at radius 2 is 2.15 bits per heavy atom. The maximum atomic E-state index is 11.8. The molecule has 1 aromatic rings. The standard InChI is InChI=1S/C16H22N2O2/c1-10-14(16(2,3)4)20-15(18-10)12-6-5-11(9-12)13(19)7-8-17/h11-12H,5-7,9H2,1-4H3. The second kappa shape index (κ2) is 5.40. The third kappa shape index (κ3) is 2.92. The Morgan fingerprint density at radius 3 is 2.70 bits per heavy atom. The Morgan fingerprint density at radius 1 is 1.45 bits per heavy atom. The first-order valence-electron chi connectivity index (χ1n) is 7.20. The fourth-order valence-corrected chi connectivity index (χ4v) is 3.01. The summed E-state index contributed by atoms with van der Waals surface area (Å²) in [5, 5.41) is 8.61. The maximum absolute atomic E-state index is 11.8. The number of aryl methyl sites for hydroxylation is 1. The van der Waals surface area contributed by atoms with Crippen molar-refractivity contribution in [3.05, 3.63) is 17.3 Å². The lowest BCUT2D eigenvalue weighted by Gasteiger charge is -2.15. The molecule has 0 radical (unpaired) electrons. The summed E-state index contributed by atoms with van der Waals surface area (Å²) in [7, 11) is 0. The third-order valence-electron chi connectivity index (χ3n) is 3.98. The van der Waals surface area contributed by atoms with Gasteiger partial charge in [0, 0.05) is 17.3 Å². The minimum atomic E-state index is -0.0516. The number of hydrogen-bond donors (Lipinski definition) is 0. The molecule has 2 rings (SSSR count). The minimum Gasteiger partial charge on any atom is -0.445 e. The summed E-state index contributed by atoms with van der Waals surface area (Å²) in [5.41, 5.74) is 0.892. The molecule has 1 aliphatic carbocycles. The summed E-state index contributed by atoms with van der Waals surface area (Å²) in [5.74, 6) is 1.98. The number of nitrogens with zero attached hydrogens (tertiary/aromatic N) is 2. The number of hydrogen-bond acceptors (Lipinski definition) is 4. The molecule has 2 unspecified atom stereocenters. The molecule has 1 aliphatic rings. The average Bonchev–Trinajstić information content (AvgIpc) is 2.94. The van der Waals surface area contributed by atoms with E-state index < -0.39 is 0 Å². The monoisotopic (exact) mass is 274 g/mol. The first-order valence-corrected chi connectivity index (χ1v) is 7.20. The van der Waals surface area contributed by atoms with Gasteiger partial charge in [0.15, 0.2) is 5.89 Å². The summed E-state index contributed by atoms with van der Waals surface area (Å²) in [6.45, 7) is 8.30. The van der Waals surface area contributed by atoms with Crippen LogP contribution < -0.4 is 0 Å². The van der Waals surface area contributed by atoms with E-state index in [9.17, 15) is 4.79 Å². The van der Waals surface area contributed by atoms with Gasteiger partial charge in [0.2, 0.25) is 0 Å². The molecule has 4 nitrogen and oxygen atoms in total. The highest BCUT2D eigenvalue weighted by Gasteiger charge is 2.34. The van der Waals surface area contributed by atoms with E-state index in [0.29, 0.717) is 0 Å². The van der Waals surface area contributed by atoms with E-state index in [1.54, 1.807) is 0 Å². The lowest BCUT2D eigenvalue weighted by molar-refractivity contribution is -0.121. The van der Waals surface area contributed by atoms with Crippen molar-refractivity contribution < 1.29 is 9.21 Å². The summed E-state index contributed by atoms with van der Waals surface area (Å²) in [6.07, 6.45) is 2.56. The first kappa shape index (κ1) is 14.8. The van der Waals surface area contributed by atoms with E-state index in [0.717, 1.165) is 36.6 Å². The number of ketones is 1. The fraction of sp³-hybridized carbons (Fsp3) is 0.688. The molecule has 0 amide bonds. The van der Waals surface area contributed by atoms with Gasteiger partial charge >= 0.3 is 0 Å². The molecule has 0 N–H and O–H groups in total. The average molecular weight is 274 g/mol. The molecule has 20 heavy (non-hydrogen) atoms. The van der Waals surface area contributed by atoms with Crippen LogP contribution in [0.5, 0.6) is 0 Å². The zero-order chi connectivity index (χ0) is 14.9. The summed E-state index contributed by atoms with van der Waals surface area (Å²) in [6, 6.07) is 1.94. The van der Waals surface area contributed by atoms with Gasteiger partial charge in [-0.25, -0.2) is 4.98 Å². The van der Waals surface area contributed by atoms with Crippen molar-refractivity contribution in [3.63, 3.8) is 0 Å². The van der Waals surface area contributed by atoms with Crippen molar-refractivity contribution >= 4 is 5.78 Å². The molecule has 108 valence electrons. The van der Waals surface area contributed by atoms with Crippen LogP contribution in [0.4, 0.5) is 0 Å². The van der Waals surface area contributed by atoms with Crippen molar-refractivity contribution in [2.75, 3.05) is 0 Å². The van der Waals surface area contributed by atoms with Gasteiger partial charge in [0.05, 0.1) is 18.2 Å². The number of oxazole rings is 1. The molecule has 2 atom stereocenters. The van der Waals surface area contributed by atoms with Crippen molar-refractivity contribution in [1.29, 1.82) is 5.26 Å². The molecule has 0 aliphatic heterocycles. The van der Waals surface area contributed by atoms with Crippen LogP contribution >= 0.6 is 0 Å². The van der Waals surface area contributed by atoms with Crippen LogP contribution in [0.3, 0.4) is 0 Å². The SMILES string of the molecule is Cc1nc(C2CCC(C(=O)CC#N)C2)oc1C(C)(C)C. The molecular weight excluding hydrogens is 252 g/mol. The van der Waals surface area contributed by atoms with Crippen LogP contribution in [-0.2, 0) is 10.2 Å². The Kier molecular flexibility index (Phi) is 3.99. The molecule has 1 heterocycles. The van der Waals surface area contributed by atoms with E-state index in [1.165, 1.54) is 0 Å². The van der Waals surface area contributed by atoms with Gasteiger partial charge in [-0.15, -0.1) is 0 Å². The maximum Gasteiger partial charge on any atom is 0.197 e. The van der Waals surface area contributed by atoms with Crippen LogP contribution in [0, 0.1) is 24.2 Å². The summed E-state index contributed by atoms with van der Waals surface area (Å²) < 4.78 is 5.96. The Labute approximate surface area is 120 Å². The molecule has 0 aromatic carbocycles. The molecule has 0 saturated heterocycles. The Hall–Kier alpha value is -1.63. The molecule has 1 saturated carbocycles. The third-order valence-corrected chi connectivity index (χ3v) is 3.98. The highest BCUT2D eigenvalue weighted by Crippen LogP contribution is 2.40. The van der Waals surface area contributed by atoms with Gasteiger partial charge in [-0.3, -0.25) is 4.79 Å². The second-order valence-electron chi connectivity index (χ2n) is 6.72. The fourth-order valence-electron chi connectivity index (χ4n) is 3.01. The van der Waals surface area contributed by atoms with E-state index in [4.69, 9.17) is 9.68 Å². The van der Waals surface area contributed by atoms with Gasteiger partial charge in [-0.1, -0.05) is 20.8 Å². The van der Waals surface area contributed by atoms with Gasteiger partial charge < -0.3 is 4.42 Å². The van der Waals surface area contributed by atoms with Gasteiger partial charge in [-0.2, -0.15) is 5.26 Å². The number of carbonyl (C=O) groups excluding carboxylic acids is 1. The Balaban J connectivity index is 2.12. The molecule has 1 aromatic heterocycles. The molecule has 1 fully saturated rings. The quantitative estimate of drug-likeness (QED) is 0.843. The van der Waals surface area contributed by atoms with Crippen molar-refractivity contribution in [2.45, 2.75) is 64.7 Å². The number of nitriles is 1. The predicted molar refractivity (Wildman–Crippen MR) is 75.3 cm³/mol. The topological polar surface area (TPSA) is 66.9 Å². The van der Waals surface area contributed by atoms with Gasteiger partial charge in [-0.05, 0) is 26.2 Å². The second-order valence-corrected chi connectivity index (χ2v) is 6.72. The summed E-state index contributed by atoms with van der Waals surface area (Å²) >= 11 is 0. The molecular formula is C16H22N2O2. The highest BCUT2D eigenvalue weighted by molar-refractivity contribution is 5.83. The van der Waals surface area contributed by atoms with Crippen LogP contribution in [0.25, 0.3) is 0 Å². The van der Waals surface area contributed by atoms with E-state index in [-0.39, 0.29) is 29.5 Å².